The SMILES string of the molecule is CC[C@H]1OC(=O)[C@H](C)C(=O)[C@H](C)[C@@H](O[C@@H]2OC(C)CC(N3CCCC3)C2O)[C@](C)(OC)C[C@@H](C)CN[C@H](C)[C@H]2N(CCCCn3cc(-c4cccc(N)c4)nn3)C(=O)O[C@]12C.CC[C@H]1OC(=O)[C@H](C)C(=O)[C@H](C)[C@@H](O[C@@H]2OC(C)CC(N3CCCC3)C2O)[C@](C)(OC)C[C@@H](C)CN[C@H](C)[C@H]2N(CCCCn3cc(-c4cccc(NC(=O)OC(C)(C)C)c4)nn3)C(=O)O[C@]12C.CSF.O=C(O)C(F)(F)F. The summed E-state index contributed by atoms with van der Waals surface area (Å²) in [5, 5.41) is 58.1. The number of likely N-dealkylation sites (tertiary alicyclic amines) is 2. The van der Waals surface area contributed by atoms with Crippen LogP contribution in [0.3, 0.4) is 0 Å². The number of aliphatic carboxylic acids is 1. The largest absolute Gasteiger partial charge is 0.490 e. The van der Waals surface area contributed by atoms with Gasteiger partial charge in [-0.05, 0) is 255 Å². The molecule has 41 heteroatoms. The van der Waals surface area contributed by atoms with Crippen LogP contribution in [0.15, 0.2) is 60.9 Å². The molecular weight excluding hydrogens is 1830 g/mol. The lowest BCUT2D eigenvalue weighted by Gasteiger charge is -2.47. The standard InChI is InChI=1S/C50H79N7O11.C45H71N7O9.C2HF3O2.CH3FS/c1-13-39-50(11)42(57(47(62)68-50)24-17-16-23-56-29-37(53-54-56)35-19-18-20-36(26-35)52-46(61)67-48(7,8)9)34(6)51-28-30(2)27-49(10,63-12)43(32(4)40(58)33(5)44(60)65-39)66-45-41(59)38(25-31(3)64-45)55-21-14-15-22-55;1-10-36-45(8)39(52(43(56)61-45)21-14-13-20-51-26-34(48-49-51)32-16-15-17-33(46)23-32)31(6)47-25-27(2)24-44(7,57-9)40(29(4)37(53)30(5)41(55)59-36)60-42-38(54)35(22-28(3)58-42)50-18-11-12-19-50;3-2(4,5)1(6)7;1-3-2/h18-20,26,29-34,38-39,41-43,45,51,59H,13-17,21-25,27-28H2,1-12H3,(H,52,61);15-17,23,26-31,35-36,38-40,42,47,54H,10-14,18-22,24-25,46H2,1-9H3;(H,6,7);1H3/t30-,31?,32+,33-,34-,38?,39-,41?,42-,43-,45+,49-,50-;27-,28?,29+,30-,31-,35?,36-,38?,39-,40-,42+,44-,45-;;/m11../s1. The topological polar surface area (TPSA) is 435 Å². The van der Waals surface area contributed by atoms with E-state index in [1.165, 1.54) is 6.26 Å². The molecule has 782 valence electrons. The molecule has 0 spiro atoms. The van der Waals surface area contributed by atoms with Crippen molar-refractivity contribution >= 4 is 71.3 Å². The molecule has 3 amide bonds. The van der Waals surface area contributed by atoms with Crippen LogP contribution in [0.1, 0.15) is 221 Å². The van der Waals surface area contributed by atoms with Gasteiger partial charge in [-0.25, -0.2) is 19.2 Å². The Balaban J connectivity index is 0.000000284. The average molecular weight is 1990 g/mol. The number of unbranched alkanes of at least 4 members (excludes halogenated alkanes) is 2. The van der Waals surface area contributed by atoms with Crippen molar-refractivity contribution in [3.8, 4) is 22.5 Å². The zero-order valence-corrected chi connectivity index (χ0v) is 85.8. The van der Waals surface area contributed by atoms with Gasteiger partial charge in [-0.2, -0.15) is 17.1 Å². The summed E-state index contributed by atoms with van der Waals surface area (Å²) in [6.07, 6.45) is 0.589. The van der Waals surface area contributed by atoms with Gasteiger partial charge in [-0.3, -0.25) is 53.5 Å². The lowest BCUT2D eigenvalue weighted by atomic mass is 9.78. The molecule has 8 aliphatic heterocycles. The Morgan fingerprint density at radius 3 is 1.33 bits per heavy atom. The summed E-state index contributed by atoms with van der Waals surface area (Å²) in [6, 6.07) is 12.8. The number of halogens is 4. The average Bonchev–Trinajstić information content (AvgIpc) is 1.60. The molecule has 2 aromatic carbocycles. The molecule has 0 radical (unpaired) electrons. The highest BCUT2D eigenvalue weighted by Gasteiger charge is 2.62. The van der Waals surface area contributed by atoms with Crippen LogP contribution in [0.2, 0.25) is 0 Å². The third kappa shape index (κ3) is 29.3. The van der Waals surface area contributed by atoms with Crippen LogP contribution >= 0.6 is 12.1 Å². The van der Waals surface area contributed by atoms with Gasteiger partial charge < -0.3 is 83.8 Å². The number of hydrogen-bond acceptors (Lipinski definition) is 31. The number of hydrogen-bond donors (Lipinski definition) is 7. The number of amides is 3. The first-order valence-electron chi connectivity index (χ1n) is 49.1. The number of carboxylic acid groups (broad SMARTS) is 1. The summed E-state index contributed by atoms with van der Waals surface area (Å²) in [5.41, 5.74) is 5.02. The van der Waals surface area contributed by atoms with Gasteiger partial charge in [-0.1, -0.05) is 76.2 Å². The Morgan fingerprint density at radius 2 is 0.971 bits per heavy atom. The van der Waals surface area contributed by atoms with Gasteiger partial charge in [0.1, 0.15) is 53.2 Å². The van der Waals surface area contributed by atoms with E-state index in [0.29, 0.717) is 114 Å². The van der Waals surface area contributed by atoms with Gasteiger partial charge >= 0.3 is 42.4 Å². The van der Waals surface area contributed by atoms with Crippen molar-refractivity contribution in [3.63, 3.8) is 0 Å². The number of aliphatic hydroxyl groups excluding tert-OH is 2. The third-order valence-corrected chi connectivity index (χ3v) is 28.4. The first kappa shape index (κ1) is 114. The number of nitrogens with zero attached hydrogens (tertiary/aromatic N) is 10. The maximum absolute atomic E-state index is 14.5. The highest BCUT2D eigenvalue weighted by Crippen LogP contribution is 2.45. The lowest BCUT2D eigenvalue weighted by molar-refractivity contribution is -0.296. The fraction of sp³-hybridized carbons (Fsp3) is 0.755. The molecule has 12 rings (SSSR count). The molecule has 8 fully saturated rings. The van der Waals surface area contributed by atoms with E-state index in [4.69, 9.17) is 67.7 Å². The van der Waals surface area contributed by atoms with Crippen molar-refractivity contribution < 1.29 is 123 Å². The number of carboxylic acids is 1. The van der Waals surface area contributed by atoms with Crippen LogP contribution in [0.4, 0.5) is 42.8 Å². The molecule has 36 nitrogen and oxygen atoms in total. The molecule has 139 heavy (non-hydrogen) atoms. The Labute approximate surface area is 819 Å². The van der Waals surface area contributed by atoms with Gasteiger partial charge in [0, 0.05) is 117 Å². The molecule has 6 unspecified atom stereocenters. The van der Waals surface area contributed by atoms with Crippen molar-refractivity contribution in [2.75, 3.05) is 83.9 Å². The number of carbonyl (C=O) groups excluding carboxylic acids is 7. The number of aromatic nitrogens is 6. The number of carbonyl (C=O) groups is 8. The normalized spacial score (nSPS) is 34.0. The van der Waals surface area contributed by atoms with Gasteiger partial charge in [0.05, 0.1) is 60.1 Å². The maximum Gasteiger partial charge on any atom is 0.490 e. The number of fused-ring (bicyclic) bond motifs is 2. The van der Waals surface area contributed by atoms with E-state index in [9.17, 15) is 60.8 Å². The second-order valence-electron chi connectivity index (χ2n) is 40.7. The van der Waals surface area contributed by atoms with E-state index in [0.717, 1.165) is 75.1 Å². The predicted octanol–water partition coefficient (Wildman–Crippen LogP) is 13.3. The number of nitrogens with two attached hydrogens (primary N) is 1. The van der Waals surface area contributed by atoms with Crippen molar-refractivity contribution in [3.05, 3.63) is 60.9 Å². The highest BCUT2D eigenvalue weighted by atomic mass is 32.2. The van der Waals surface area contributed by atoms with Crippen molar-refractivity contribution in [1.82, 2.24) is 60.2 Å². The van der Waals surface area contributed by atoms with Gasteiger partial charge in [0.15, 0.2) is 35.3 Å². The minimum absolute atomic E-state index is 0.00527. The summed E-state index contributed by atoms with van der Waals surface area (Å²) >= 11 is 0.250. The van der Waals surface area contributed by atoms with E-state index in [1.807, 2.05) is 124 Å². The fourth-order valence-corrected chi connectivity index (χ4v) is 21.2. The van der Waals surface area contributed by atoms with Gasteiger partial charge in [-0.15, -0.1) is 10.2 Å². The van der Waals surface area contributed by atoms with Crippen LogP contribution in [-0.4, -0.2) is 317 Å². The number of anilines is 2. The second kappa shape index (κ2) is 50.3. The lowest BCUT2D eigenvalue weighted by Crippen LogP contribution is -2.61. The van der Waals surface area contributed by atoms with Crippen molar-refractivity contribution in [1.29, 1.82) is 0 Å². The van der Waals surface area contributed by atoms with Crippen molar-refractivity contribution in [2.24, 2.45) is 35.5 Å². The number of methoxy groups -OCH3 is 2. The number of ether oxygens (including phenoxy) is 11. The summed E-state index contributed by atoms with van der Waals surface area (Å²) in [5.74, 6) is -9.06. The van der Waals surface area contributed by atoms with Crippen LogP contribution in [-0.2, 0) is 89.2 Å². The third-order valence-electron chi connectivity index (χ3n) is 28.4. The zero-order valence-electron chi connectivity index (χ0n) is 85.0. The molecular formula is C98H154F4N14O22S. The Kier molecular flexibility index (Phi) is 41.3. The van der Waals surface area contributed by atoms with E-state index in [-0.39, 0.29) is 66.1 Å². The Bertz CT molecular complexity index is 4660. The fourth-order valence-electron chi connectivity index (χ4n) is 21.2. The molecule has 26 atom stereocenters. The first-order valence-corrected chi connectivity index (χ1v) is 50.3. The molecule has 0 bridgehead atoms. The molecule has 10 heterocycles. The van der Waals surface area contributed by atoms with Crippen molar-refractivity contribution in [2.45, 2.75) is 366 Å². The molecule has 4 aromatic rings. The van der Waals surface area contributed by atoms with E-state index in [2.05, 4.69) is 60.2 Å². The molecule has 0 saturated carbocycles. The van der Waals surface area contributed by atoms with Gasteiger partial charge in [0.25, 0.3) is 0 Å². The Morgan fingerprint density at radius 1 is 0.597 bits per heavy atom. The van der Waals surface area contributed by atoms with Crippen LogP contribution in [0, 0.1) is 35.5 Å². The quantitative estimate of drug-likeness (QED) is 0.00905. The number of nitrogens with one attached hydrogen (secondary N) is 3. The number of aryl methyl sites for hydroxylation is 2. The molecule has 8 N–H and O–H groups in total. The monoisotopic (exact) mass is 1990 g/mol. The van der Waals surface area contributed by atoms with Crippen LogP contribution in [0.5, 0.6) is 0 Å². The number of nitrogen functional groups attached to an aromatic ring is 1. The van der Waals surface area contributed by atoms with Crippen LogP contribution < -0.4 is 21.7 Å². The number of benzene rings is 2. The summed E-state index contributed by atoms with van der Waals surface area (Å²) < 4.78 is 115. The maximum atomic E-state index is 14.5. The summed E-state index contributed by atoms with van der Waals surface area (Å²) in [7, 11) is 3.20. The number of alkyl halides is 3. The number of aliphatic hydroxyl groups is 2. The number of ketones is 2. The molecule has 8 saturated heterocycles. The molecule has 2 aromatic heterocycles. The predicted molar refractivity (Wildman–Crippen MR) is 512 cm³/mol. The molecule has 8 aliphatic rings. The number of rotatable bonds is 23. The number of Topliss-reactive ketones (excluding diaryl/α,β-unsaturated/α-hetero) is 2. The minimum atomic E-state index is -5.08. The molecule has 0 aliphatic carbocycles. The highest BCUT2D eigenvalue weighted by molar-refractivity contribution is 7.93. The van der Waals surface area contributed by atoms with Gasteiger partial charge in [0.2, 0.25) is 0 Å². The van der Waals surface area contributed by atoms with E-state index >= 15 is 0 Å². The van der Waals surface area contributed by atoms with E-state index in [1.54, 1.807) is 87.9 Å². The first-order chi connectivity index (χ1) is 65.4. The van der Waals surface area contributed by atoms with Crippen LogP contribution in [0.25, 0.3) is 22.5 Å². The minimum Gasteiger partial charge on any atom is -0.475 e. The number of cyclic esters (lactones) is 2. The zero-order chi connectivity index (χ0) is 103. The smallest absolute Gasteiger partial charge is 0.475 e. The second-order valence-corrected chi connectivity index (χ2v) is 41.0. The summed E-state index contributed by atoms with van der Waals surface area (Å²) in [6.45, 7) is 42.0. The number of esters is 2. The Hall–Kier alpha value is -8.33. The van der Waals surface area contributed by atoms with E-state index < -0.39 is 161 Å². The summed E-state index contributed by atoms with van der Waals surface area (Å²) in [4.78, 5) is 114.